The van der Waals surface area contributed by atoms with Gasteiger partial charge in [0.15, 0.2) is 0 Å². The lowest BCUT2D eigenvalue weighted by Crippen LogP contribution is -2.34. The highest BCUT2D eigenvalue weighted by Crippen LogP contribution is 2.40. The van der Waals surface area contributed by atoms with Gasteiger partial charge in [-0.2, -0.15) is 4.98 Å². The largest absolute Gasteiger partial charge is 0.481 e. The van der Waals surface area contributed by atoms with Gasteiger partial charge in [-0.25, -0.2) is 4.79 Å². The Morgan fingerprint density at radius 2 is 2.04 bits per heavy atom. The Kier molecular flexibility index (Phi) is 5.02. The lowest BCUT2D eigenvalue weighted by Gasteiger charge is -2.19. The van der Waals surface area contributed by atoms with Crippen LogP contribution in [0.25, 0.3) is 0 Å². The maximum atomic E-state index is 12.5. The number of nitrogens with one attached hydrogen (secondary N) is 2. The minimum absolute atomic E-state index is 0.0999. The third-order valence-electron chi connectivity index (χ3n) is 4.12. The molecule has 1 atom stereocenters. The van der Waals surface area contributed by atoms with Crippen molar-refractivity contribution in [2.45, 2.75) is 25.8 Å². The number of hydrogen-bond donors (Lipinski definition) is 2. The van der Waals surface area contributed by atoms with Gasteiger partial charge in [0.05, 0.1) is 26.0 Å². The standard InChI is InChI=1S/C18H22N4O3/c1-11-8-9-19-14(10-11)16(12-4-5-12)22-18(23)20-13-6-7-15(24-2)21-17(13)25-3/h6-10,12,16H,4-5H2,1-3H3,(H2,20,22,23)/t16-/m0/s1. The zero-order valence-electron chi connectivity index (χ0n) is 14.6. The van der Waals surface area contributed by atoms with Crippen molar-refractivity contribution in [2.24, 2.45) is 5.92 Å². The highest BCUT2D eigenvalue weighted by atomic mass is 16.5. The Hall–Kier alpha value is -2.83. The number of nitrogens with zero attached hydrogens (tertiary/aromatic N) is 2. The van der Waals surface area contributed by atoms with Crippen molar-refractivity contribution in [3.8, 4) is 11.8 Å². The Labute approximate surface area is 146 Å². The average Bonchev–Trinajstić information content (AvgIpc) is 3.45. The zero-order valence-corrected chi connectivity index (χ0v) is 14.6. The van der Waals surface area contributed by atoms with Gasteiger partial charge >= 0.3 is 6.03 Å². The molecule has 25 heavy (non-hydrogen) atoms. The highest BCUT2D eigenvalue weighted by molar-refractivity contribution is 5.90. The molecule has 0 spiro atoms. The summed E-state index contributed by atoms with van der Waals surface area (Å²) in [6.07, 6.45) is 3.96. The van der Waals surface area contributed by atoms with E-state index < -0.39 is 0 Å². The third-order valence-corrected chi connectivity index (χ3v) is 4.12. The smallest absolute Gasteiger partial charge is 0.319 e. The first-order chi connectivity index (χ1) is 12.1. The number of pyridine rings is 2. The van der Waals surface area contributed by atoms with E-state index >= 15 is 0 Å². The molecule has 0 bridgehead atoms. The number of ether oxygens (including phenoxy) is 2. The number of amides is 2. The molecule has 2 aromatic rings. The predicted octanol–water partition coefficient (Wildman–Crippen LogP) is 3.08. The topological polar surface area (TPSA) is 85.4 Å². The minimum Gasteiger partial charge on any atom is -0.481 e. The van der Waals surface area contributed by atoms with E-state index in [1.807, 2.05) is 19.1 Å². The summed E-state index contributed by atoms with van der Waals surface area (Å²) in [4.78, 5) is 21.1. The number of anilines is 1. The van der Waals surface area contributed by atoms with Crippen LogP contribution in [-0.2, 0) is 0 Å². The van der Waals surface area contributed by atoms with Crippen LogP contribution in [0.5, 0.6) is 11.8 Å². The minimum atomic E-state index is -0.314. The molecule has 0 saturated heterocycles. The van der Waals surface area contributed by atoms with Gasteiger partial charge in [-0.15, -0.1) is 0 Å². The molecule has 1 saturated carbocycles. The number of aryl methyl sites for hydroxylation is 1. The van der Waals surface area contributed by atoms with Crippen molar-refractivity contribution in [2.75, 3.05) is 19.5 Å². The van der Waals surface area contributed by atoms with E-state index in [-0.39, 0.29) is 12.1 Å². The summed E-state index contributed by atoms with van der Waals surface area (Å²) >= 11 is 0. The van der Waals surface area contributed by atoms with Crippen LogP contribution in [0.1, 0.15) is 30.1 Å². The van der Waals surface area contributed by atoms with Crippen LogP contribution in [0.15, 0.2) is 30.5 Å². The Morgan fingerprint density at radius 3 is 2.68 bits per heavy atom. The van der Waals surface area contributed by atoms with Crippen molar-refractivity contribution in [1.29, 1.82) is 0 Å². The average molecular weight is 342 g/mol. The molecule has 1 fully saturated rings. The van der Waals surface area contributed by atoms with Crippen molar-refractivity contribution in [1.82, 2.24) is 15.3 Å². The molecule has 0 aromatic carbocycles. The second-order valence-corrected chi connectivity index (χ2v) is 6.08. The summed E-state index contributed by atoms with van der Waals surface area (Å²) in [5.41, 5.74) is 2.49. The van der Waals surface area contributed by atoms with Crippen LogP contribution in [0.4, 0.5) is 10.5 Å². The first-order valence-corrected chi connectivity index (χ1v) is 8.20. The van der Waals surface area contributed by atoms with Crippen LogP contribution < -0.4 is 20.1 Å². The maximum absolute atomic E-state index is 12.5. The van der Waals surface area contributed by atoms with Gasteiger partial charge in [-0.05, 0) is 49.4 Å². The van der Waals surface area contributed by atoms with E-state index in [1.54, 1.807) is 18.3 Å². The highest BCUT2D eigenvalue weighted by Gasteiger charge is 2.34. The monoisotopic (exact) mass is 342 g/mol. The summed E-state index contributed by atoms with van der Waals surface area (Å²) in [6, 6.07) is 6.91. The molecular formula is C18H22N4O3. The lowest BCUT2D eigenvalue weighted by molar-refractivity contribution is 0.246. The molecule has 0 radical (unpaired) electrons. The van der Waals surface area contributed by atoms with Gasteiger partial charge in [0.1, 0.15) is 5.69 Å². The number of rotatable bonds is 6. The molecular weight excluding hydrogens is 320 g/mol. The van der Waals surface area contributed by atoms with E-state index in [4.69, 9.17) is 9.47 Å². The molecule has 7 nitrogen and oxygen atoms in total. The SMILES string of the molecule is COc1ccc(NC(=O)N[C@H](c2cc(C)ccn2)C2CC2)c(OC)n1. The number of methoxy groups -OCH3 is 2. The maximum Gasteiger partial charge on any atom is 0.319 e. The van der Waals surface area contributed by atoms with Gasteiger partial charge in [0.25, 0.3) is 0 Å². The Morgan fingerprint density at radius 1 is 1.24 bits per heavy atom. The molecule has 3 rings (SSSR count). The summed E-state index contributed by atoms with van der Waals surface area (Å²) in [5, 5.41) is 5.81. The second-order valence-electron chi connectivity index (χ2n) is 6.08. The molecule has 2 N–H and O–H groups in total. The Balaban J connectivity index is 1.72. The van der Waals surface area contributed by atoms with Crippen molar-refractivity contribution in [3.05, 3.63) is 41.7 Å². The number of urea groups is 1. The summed E-state index contributed by atoms with van der Waals surface area (Å²) in [5.74, 6) is 1.14. The molecule has 0 aliphatic heterocycles. The molecule has 1 aliphatic rings. The van der Waals surface area contributed by atoms with Crippen molar-refractivity contribution < 1.29 is 14.3 Å². The normalized spacial score (nSPS) is 14.5. The third kappa shape index (κ3) is 4.17. The van der Waals surface area contributed by atoms with Crippen LogP contribution in [0.2, 0.25) is 0 Å². The number of carbonyl (C=O) groups is 1. The fourth-order valence-electron chi connectivity index (χ4n) is 2.68. The summed E-state index contributed by atoms with van der Waals surface area (Å²) < 4.78 is 10.3. The molecule has 132 valence electrons. The van der Waals surface area contributed by atoms with Crippen LogP contribution >= 0.6 is 0 Å². The molecule has 1 aliphatic carbocycles. The van der Waals surface area contributed by atoms with Gasteiger partial charge in [0.2, 0.25) is 11.8 Å². The summed E-state index contributed by atoms with van der Waals surface area (Å²) in [7, 11) is 3.02. The van der Waals surface area contributed by atoms with Crippen LogP contribution in [0.3, 0.4) is 0 Å². The lowest BCUT2D eigenvalue weighted by atomic mass is 10.1. The van der Waals surface area contributed by atoms with Gasteiger partial charge in [-0.1, -0.05) is 0 Å². The molecule has 2 aromatic heterocycles. The quantitative estimate of drug-likeness (QED) is 0.843. The fourth-order valence-corrected chi connectivity index (χ4v) is 2.68. The van der Waals surface area contributed by atoms with Gasteiger partial charge in [0, 0.05) is 12.3 Å². The van der Waals surface area contributed by atoms with Gasteiger partial charge < -0.3 is 20.1 Å². The van der Waals surface area contributed by atoms with E-state index in [0.29, 0.717) is 23.4 Å². The summed E-state index contributed by atoms with van der Waals surface area (Å²) in [6.45, 7) is 2.02. The second kappa shape index (κ2) is 7.38. The molecule has 0 unspecified atom stereocenters. The molecule has 2 heterocycles. The number of carbonyl (C=O) groups excluding carboxylic acids is 1. The van der Waals surface area contributed by atoms with Crippen LogP contribution in [-0.4, -0.2) is 30.2 Å². The van der Waals surface area contributed by atoms with E-state index in [2.05, 4.69) is 20.6 Å². The predicted molar refractivity (Wildman–Crippen MR) is 93.9 cm³/mol. The first-order valence-electron chi connectivity index (χ1n) is 8.20. The number of hydrogen-bond acceptors (Lipinski definition) is 5. The van der Waals surface area contributed by atoms with Gasteiger partial charge in [-0.3, -0.25) is 4.98 Å². The zero-order chi connectivity index (χ0) is 17.8. The van der Waals surface area contributed by atoms with Crippen molar-refractivity contribution in [3.63, 3.8) is 0 Å². The van der Waals surface area contributed by atoms with E-state index in [0.717, 1.165) is 24.1 Å². The van der Waals surface area contributed by atoms with Crippen LogP contribution in [0, 0.1) is 12.8 Å². The van der Waals surface area contributed by atoms with E-state index in [1.165, 1.54) is 14.2 Å². The fraction of sp³-hybridized carbons (Fsp3) is 0.389. The van der Waals surface area contributed by atoms with Crippen molar-refractivity contribution >= 4 is 11.7 Å². The number of aromatic nitrogens is 2. The first kappa shape index (κ1) is 17.0. The van der Waals surface area contributed by atoms with E-state index in [9.17, 15) is 4.79 Å². The molecule has 2 amide bonds. The Bertz CT molecular complexity index is 762. The molecule has 7 heteroatoms.